The molecule has 1 aromatic rings. The summed E-state index contributed by atoms with van der Waals surface area (Å²) in [6.07, 6.45) is 3.04. The Labute approximate surface area is 107 Å². The van der Waals surface area contributed by atoms with Crippen LogP contribution in [0.5, 0.6) is 0 Å². The topological polar surface area (TPSA) is 35.5 Å². The molecule has 96 valence electrons. The minimum absolute atomic E-state index is 0.141. The minimum Gasteiger partial charge on any atom is -0.504 e. The van der Waals surface area contributed by atoms with Crippen LogP contribution in [0.1, 0.15) is 24.5 Å². The SMILES string of the molecule is CCOC(=O)CC1Cc2ccccc2/C1=C/OC. The number of fused-ring (bicyclic) bond motifs is 1. The quantitative estimate of drug-likeness (QED) is 0.605. The smallest absolute Gasteiger partial charge is 0.306 e. The first-order valence-corrected chi connectivity index (χ1v) is 6.23. The van der Waals surface area contributed by atoms with E-state index in [2.05, 4.69) is 12.1 Å². The second-order valence-electron chi connectivity index (χ2n) is 4.38. The molecule has 0 bridgehead atoms. The second kappa shape index (κ2) is 5.71. The van der Waals surface area contributed by atoms with Gasteiger partial charge in [-0.2, -0.15) is 0 Å². The maximum Gasteiger partial charge on any atom is 0.306 e. The van der Waals surface area contributed by atoms with Gasteiger partial charge in [0.15, 0.2) is 0 Å². The van der Waals surface area contributed by atoms with Crippen molar-refractivity contribution < 1.29 is 14.3 Å². The van der Waals surface area contributed by atoms with Crippen LogP contribution in [-0.4, -0.2) is 19.7 Å². The lowest BCUT2D eigenvalue weighted by Gasteiger charge is -2.11. The molecule has 2 rings (SSSR count). The summed E-state index contributed by atoms with van der Waals surface area (Å²) < 4.78 is 10.2. The standard InChI is InChI=1S/C15H18O3/c1-3-18-15(16)9-12-8-11-6-4-5-7-13(11)14(12)10-17-2/h4-7,10,12H,3,8-9H2,1-2H3/b14-10+. The fourth-order valence-electron chi connectivity index (χ4n) is 2.47. The number of hydrogen-bond acceptors (Lipinski definition) is 3. The van der Waals surface area contributed by atoms with Crippen LogP contribution in [0.3, 0.4) is 0 Å². The van der Waals surface area contributed by atoms with E-state index < -0.39 is 0 Å². The molecule has 0 amide bonds. The molecule has 0 heterocycles. The monoisotopic (exact) mass is 246 g/mol. The van der Waals surface area contributed by atoms with Gasteiger partial charge in [-0.05, 0) is 30.0 Å². The van der Waals surface area contributed by atoms with E-state index in [1.54, 1.807) is 13.4 Å². The third-order valence-electron chi connectivity index (χ3n) is 3.20. The van der Waals surface area contributed by atoms with Crippen molar-refractivity contribution in [1.29, 1.82) is 0 Å². The maximum atomic E-state index is 11.6. The van der Waals surface area contributed by atoms with Crippen LogP contribution in [0.15, 0.2) is 30.5 Å². The lowest BCUT2D eigenvalue weighted by molar-refractivity contribution is -0.143. The van der Waals surface area contributed by atoms with E-state index in [0.29, 0.717) is 13.0 Å². The van der Waals surface area contributed by atoms with Gasteiger partial charge in [0.25, 0.3) is 0 Å². The summed E-state index contributed by atoms with van der Waals surface area (Å²) in [5, 5.41) is 0. The third kappa shape index (κ3) is 2.55. The molecular weight excluding hydrogens is 228 g/mol. The Morgan fingerprint density at radius 3 is 2.94 bits per heavy atom. The molecule has 0 aromatic heterocycles. The lowest BCUT2D eigenvalue weighted by atomic mass is 9.97. The van der Waals surface area contributed by atoms with Crippen LogP contribution in [0.2, 0.25) is 0 Å². The number of carbonyl (C=O) groups excluding carboxylic acids is 1. The van der Waals surface area contributed by atoms with Gasteiger partial charge >= 0.3 is 5.97 Å². The van der Waals surface area contributed by atoms with Crippen molar-refractivity contribution in [1.82, 2.24) is 0 Å². The first kappa shape index (κ1) is 12.7. The van der Waals surface area contributed by atoms with Crippen molar-refractivity contribution in [2.24, 2.45) is 5.92 Å². The van der Waals surface area contributed by atoms with Gasteiger partial charge < -0.3 is 9.47 Å². The highest BCUT2D eigenvalue weighted by Crippen LogP contribution is 2.38. The number of esters is 1. The number of allylic oxidation sites excluding steroid dienone is 1. The molecule has 1 aliphatic carbocycles. The summed E-state index contributed by atoms with van der Waals surface area (Å²) in [5.41, 5.74) is 3.56. The Morgan fingerprint density at radius 2 is 2.22 bits per heavy atom. The van der Waals surface area contributed by atoms with E-state index in [1.807, 2.05) is 19.1 Å². The van der Waals surface area contributed by atoms with Crippen LogP contribution < -0.4 is 0 Å². The van der Waals surface area contributed by atoms with E-state index in [4.69, 9.17) is 9.47 Å². The van der Waals surface area contributed by atoms with Crippen LogP contribution >= 0.6 is 0 Å². The molecule has 1 aromatic carbocycles. The molecular formula is C15H18O3. The first-order chi connectivity index (χ1) is 8.76. The highest BCUT2D eigenvalue weighted by atomic mass is 16.5. The predicted molar refractivity (Wildman–Crippen MR) is 69.9 cm³/mol. The van der Waals surface area contributed by atoms with E-state index in [0.717, 1.165) is 12.0 Å². The lowest BCUT2D eigenvalue weighted by Crippen LogP contribution is -2.11. The fourth-order valence-corrected chi connectivity index (χ4v) is 2.47. The van der Waals surface area contributed by atoms with E-state index in [1.165, 1.54) is 11.1 Å². The molecule has 18 heavy (non-hydrogen) atoms. The van der Waals surface area contributed by atoms with Gasteiger partial charge in [-0.3, -0.25) is 4.79 Å². The van der Waals surface area contributed by atoms with E-state index in [9.17, 15) is 4.79 Å². The van der Waals surface area contributed by atoms with Crippen molar-refractivity contribution in [2.75, 3.05) is 13.7 Å². The van der Waals surface area contributed by atoms with Crippen LogP contribution in [-0.2, 0) is 20.7 Å². The average molecular weight is 246 g/mol. The van der Waals surface area contributed by atoms with Crippen molar-refractivity contribution in [2.45, 2.75) is 19.8 Å². The Kier molecular flexibility index (Phi) is 4.03. The summed E-state index contributed by atoms with van der Waals surface area (Å²) in [4.78, 5) is 11.6. The third-order valence-corrected chi connectivity index (χ3v) is 3.20. The first-order valence-electron chi connectivity index (χ1n) is 6.23. The maximum absolute atomic E-state index is 11.6. The zero-order valence-electron chi connectivity index (χ0n) is 10.8. The molecule has 0 saturated heterocycles. The number of rotatable bonds is 4. The Balaban J connectivity index is 2.19. The van der Waals surface area contributed by atoms with E-state index >= 15 is 0 Å². The van der Waals surface area contributed by atoms with Crippen molar-refractivity contribution >= 4 is 11.5 Å². The summed E-state index contributed by atoms with van der Waals surface area (Å²) in [7, 11) is 1.63. The van der Waals surface area contributed by atoms with Crippen LogP contribution in [0.25, 0.3) is 5.57 Å². The Morgan fingerprint density at radius 1 is 1.44 bits per heavy atom. The number of methoxy groups -OCH3 is 1. The molecule has 3 heteroatoms. The van der Waals surface area contributed by atoms with Gasteiger partial charge in [-0.15, -0.1) is 0 Å². The molecule has 0 radical (unpaired) electrons. The average Bonchev–Trinajstić information content (AvgIpc) is 2.68. The van der Waals surface area contributed by atoms with Crippen molar-refractivity contribution in [3.63, 3.8) is 0 Å². The summed E-state index contributed by atoms with van der Waals surface area (Å²) >= 11 is 0. The summed E-state index contributed by atoms with van der Waals surface area (Å²) in [6, 6.07) is 8.21. The highest BCUT2D eigenvalue weighted by Gasteiger charge is 2.29. The normalized spacial score (nSPS) is 19.7. The van der Waals surface area contributed by atoms with Gasteiger partial charge in [-0.25, -0.2) is 0 Å². The number of ether oxygens (including phenoxy) is 2. The predicted octanol–water partition coefficient (Wildman–Crippen LogP) is 2.80. The molecule has 0 fully saturated rings. The largest absolute Gasteiger partial charge is 0.504 e. The second-order valence-corrected chi connectivity index (χ2v) is 4.38. The van der Waals surface area contributed by atoms with Crippen molar-refractivity contribution in [3.05, 3.63) is 41.7 Å². The van der Waals surface area contributed by atoms with Gasteiger partial charge in [0.1, 0.15) is 0 Å². The Hall–Kier alpha value is -1.77. The molecule has 0 saturated carbocycles. The van der Waals surface area contributed by atoms with Gasteiger partial charge in [0, 0.05) is 5.92 Å². The van der Waals surface area contributed by atoms with Gasteiger partial charge in [0.05, 0.1) is 26.4 Å². The number of carbonyl (C=O) groups is 1. The summed E-state index contributed by atoms with van der Waals surface area (Å²) in [6.45, 7) is 2.26. The minimum atomic E-state index is -0.141. The molecule has 3 nitrogen and oxygen atoms in total. The number of benzene rings is 1. The zero-order chi connectivity index (χ0) is 13.0. The molecule has 0 aliphatic heterocycles. The van der Waals surface area contributed by atoms with Gasteiger partial charge in [0.2, 0.25) is 0 Å². The Bertz CT molecular complexity index is 463. The van der Waals surface area contributed by atoms with Crippen LogP contribution in [0.4, 0.5) is 0 Å². The summed E-state index contributed by atoms with van der Waals surface area (Å²) in [5.74, 6) is 0.0266. The molecule has 1 atom stereocenters. The molecule has 1 unspecified atom stereocenters. The fraction of sp³-hybridized carbons (Fsp3) is 0.400. The highest BCUT2D eigenvalue weighted by molar-refractivity contribution is 5.79. The van der Waals surface area contributed by atoms with Crippen molar-refractivity contribution in [3.8, 4) is 0 Å². The molecule has 0 spiro atoms. The van der Waals surface area contributed by atoms with E-state index in [-0.39, 0.29) is 11.9 Å². The van der Waals surface area contributed by atoms with Gasteiger partial charge in [-0.1, -0.05) is 24.3 Å². The molecule has 1 aliphatic rings. The number of hydrogen-bond donors (Lipinski definition) is 0. The van der Waals surface area contributed by atoms with Crippen LogP contribution in [0, 0.1) is 5.92 Å². The molecule has 0 N–H and O–H groups in total. The zero-order valence-corrected chi connectivity index (χ0v) is 10.8.